The van der Waals surface area contributed by atoms with Crippen LogP contribution in [0.5, 0.6) is 5.75 Å². The highest BCUT2D eigenvalue weighted by atomic mass is 16.5. The average molecular weight is 412 g/mol. The summed E-state index contributed by atoms with van der Waals surface area (Å²) in [5.74, 6) is 1.42. The number of nitrogens with zero attached hydrogens (tertiary/aromatic N) is 3. The maximum Gasteiger partial charge on any atom is 0.356 e. The van der Waals surface area contributed by atoms with Crippen LogP contribution in [0.3, 0.4) is 0 Å². The molecule has 2 heterocycles. The van der Waals surface area contributed by atoms with E-state index in [4.69, 9.17) is 15.2 Å². The molecular formula is C23H31N4O3+. The Morgan fingerprint density at radius 3 is 2.73 bits per heavy atom. The second-order valence-electron chi connectivity index (χ2n) is 7.84. The number of aryl methyl sites for hydroxylation is 1. The first-order chi connectivity index (χ1) is 14.6. The molecular weight excluding hydrogens is 380 g/mol. The van der Waals surface area contributed by atoms with Gasteiger partial charge in [-0.1, -0.05) is 24.3 Å². The number of hydrogen-bond acceptors (Lipinski definition) is 5. The Morgan fingerprint density at radius 1 is 1.13 bits per heavy atom. The van der Waals surface area contributed by atoms with Gasteiger partial charge in [0.05, 0.1) is 19.8 Å². The van der Waals surface area contributed by atoms with Crippen LogP contribution in [0, 0.1) is 6.92 Å². The summed E-state index contributed by atoms with van der Waals surface area (Å²) in [5, 5.41) is 10.6. The molecule has 7 heteroatoms. The van der Waals surface area contributed by atoms with E-state index in [2.05, 4.69) is 15.5 Å². The highest BCUT2D eigenvalue weighted by Gasteiger charge is 2.23. The van der Waals surface area contributed by atoms with E-state index in [1.54, 1.807) is 0 Å². The molecule has 160 valence electrons. The Hall–Kier alpha value is -2.61. The monoisotopic (exact) mass is 411 g/mol. The molecule has 1 fully saturated rings. The summed E-state index contributed by atoms with van der Waals surface area (Å²) in [6, 6.07) is 16.0. The van der Waals surface area contributed by atoms with Crippen LogP contribution < -0.4 is 15.0 Å². The van der Waals surface area contributed by atoms with Crippen molar-refractivity contribution in [2.75, 3.05) is 45.2 Å². The number of aromatic nitrogens is 2. The van der Waals surface area contributed by atoms with Gasteiger partial charge in [0.15, 0.2) is 0 Å². The van der Waals surface area contributed by atoms with Crippen LogP contribution in [0.4, 0.5) is 5.95 Å². The molecule has 0 amide bonds. The Balaban J connectivity index is 1.47. The Labute approximate surface area is 177 Å². The number of hydrogen-bond donors (Lipinski definition) is 2. The first-order valence-electron chi connectivity index (χ1n) is 10.6. The smallest absolute Gasteiger partial charge is 0.356 e. The first-order valence-corrected chi connectivity index (χ1v) is 10.6. The summed E-state index contributed by atoms with van der Waals surface area (Å²) in [6.07, 6.45) is -0.670. The molecule has 2 aromatic carbocycles. The molecule has 0 aliphatic carbocycles. The second-order valence-corrected chi connectivity index (χ2v) is 7.84. The van der Waals surface area contributed by atoms with Crippen LogP contribution >= 0.6 is 0 Å². The molecule has 1 atom stereocenters. The van der Waals surface area contributed by atoms with E-state index in [0.29, 0.717) is 12.5 Å². The maximum atomic E-state index is 10.6. The SMILES string of the molecule is Cc1cccc(OC[C@H](O)C[n+]2c(N)n(CCN3CCOCC3)c3ccccc32)c1. The maximum absolute atomic E-state index is 10.6. The zero-order valence-electron chi connectivity index (χ0n) is 17.5. The number of fused-ring (bicyclic) bond motifs is 1. The number of anilines is 1. The van der Waals surface area contributed by atoms with Crippen molar-refractivity contribution >= 4 is 17.0 Å². The molecule has 3 aromatic rings. The Kier molecular flexibility index (Phi) is 6.52. The molecule has 7 nitrogen and oxygen atoms in total. The van der Waals surface area contributed by atoms with E-state index in [-0.39, 0.29) is 6.61 Å². The van der Waals surface area contributed by atoms with Gasteiger partial charge in [0.2, 0.25) is 0 Å². The Bertz CT molecular complexity index is 982. The summed E-state index contributed by atoms with van der Waals surface area (Å²) in [5.41, 5.74) is 9.77. The van der Waals surface area contributed by atoms with Crippen molar-refractivity contribution in [3.8, 4) is 5.75 Å². The quantitative estimate of drug-likeness (QED) is 0.551. The number of morpholine rings is 1. The fourth-order valence-corrected chi connectivity index (χ4v) is 3.97. The van der Waals surface area contributed by atoms with E-state index in [1.165, 1.54) is 0 Å². The Morgan fingerprint density at radius 2 is 1.93 bits per heavy atom. The number of ether oxygens (including phenoxy) is 2. The van der Waals surface area contributed by atoms with Gasteiger partial charge in [-0.2, -0.15) is 0 Å². The van der Waals surface area contributed by atoms with Crippen LogP contribution in [0.25, 0.3) is 11.0 Å². The minimum Gasteiger partial charge on any atom is -0.491 e. The van der Waals surface area contributed by atoms with Gasteiger partial charge in [0.1, 0.15) is 36.0 Å². The number of nitrogen functional groups attached to an aromatic ring is 1. The lowest BCUT2D eigenvalue weighted by Crippen LogP contribution is -2.44. The van der Waals surface area contributed by atoms with Crippen molar-refractivity contribution in [3.05, 3.63) is 54.1 Å². The first kappa shape index (κ1) is 20.7. The molecule has 4 rings (SSSR count). The van der Waals surface area contributed by atoms with Crippen LogP contribution in [0.2, 0.25) is 0 Å². The van der Waals surface area contributed by atoms with E-state index < -0.39 is 6.10 Å². The molecule has 0 radical (unpaired) electrons. The number of rotatable bonds is 8. The lowest BCUT2D eigenvalue weighted by atomic mass is 10.2. The molecule has 0 bridgehead atoms. The van der Waals surface area contributed by atoms with Gasteiger partial charge in [-0.05, 0) is 36.8 Å². The van der Waals surface area contributed by atoms with E-state index in [0.717, 1.165) is 61.7 Å². The summed E-state index contributed by atoms with van der Waals surface area (Å²) < 4.78 is 15.3. The van der Waals surface area contributed by atoms with Crippen molar-refractivity contribution in [3.63, 3.8) is 0 Å². The minimum absolute atomic E-state index is 0.211. The fourth-order valence-electron chi connectivity index (χ4n) is 3.97. The molecule has 3 N–H and O–H groups in total. The van der Waals surface area contributed by atoms with Gasteiger partial charge >= 0.3 is 5.95 Å². The summed E-state index contributed by atoms with van der Waals surface area (Å²) in [6.45, 7) is 7.81. The van der Waals surface area contributed by atoms with Crippen LogP contribution in [0.15, 0.2) is 48.5 Å². The fraction of sp³-hybridized carbons (Fsp3) is 0.435. The highest BCUT2D eigenvalue weighted by molar-refractivity contribution is 5.73. The second kappa shape index (κ2) is 9.47. The summed E-state index contributed by atoms with van der Waals surface area (Å²) in [7, 11) is 0. The zero-order valence-corrected chi connectivity index (χ0v) is 17.5. The van der Waals surface area contributed by atoms with Crippen molar-refractivity contribution < 1.29 is 19.1 Å². The van der Waals surface area contributed by atoms with E-state index >= 15 is 0 Å². The average Bonchev–Trinajstić information content (AvgIpc) is 3.03. The normalized spacial score (nSPS) is 16.1. The van der Waals surface area contributed by atoms with Gasteiger partial charge in [-0.3, -0.25) is 10.6 Å². The predicted molar refractivity (Wildman–Crippen MR) is 116 cm³/mol. The molecule has 0 spiro atoms. The van der Waals surface area contributed by atoms with Crippen molar-refractivity contribution in [2.24, 2.45) is 0 Å². The minimum atomic E-state index is -0.670. The molecule has 1 aromatic heterocycles. The van der Waals surface area contributed by atoms with Crippen molar-refractivity contribution in [2.45, 2.75) is 26.1 Å². The number of aliphatic hydroxyl groups excluding tert-OH is 1. The topological polar surface area (TPSA) is 76.8 Å². The van der Waals surface area contributed by atoms with Crippen LogP contribution in [0.1, 0.15) is 5.56 Å². The summed E-state index contributed by atoms with van der Waals surface area (Å²) >= 11 is 0. The molecule has 1 saturated heterocycles. The van der Waals surface area contributed by atoms with Gasteiger partial charge in [-0.15, -0.1) is 0 Å². The third kappa shape index (κ3) is 4.75. The van der Waals surface area contributed by atoms with Crippen LogP contribution in [-0.4, -0.2) is 60.1 Å². The van der Waals surface area contributed by atoms with Gasteiger partial charge in [-0.25, -0.2) is 9.13 Å². The third-order valence-corrected chi connectivity index (χ3v) is 5.59. The molecule has 1 aliphatic rings. The number of aliphatic hydroxyl groups is 1. The molecule has 0 saturated carbocycles. The molecule has 30 heavy (non-hydrogen) atoms. The third-order valence-electron chi connectivity index (χ3n) is 5.59. The lowest BCUT2D eigenvalue weighted by Gasteiger charge is -2.26. The number of benzene rings is 2. The molecule has 0 unspecified atom stereocenters. The largest absolute Gasteiger partial charge is 0.491 e. The summed E-state index contributed by atoms with van der Waals surface area (Å²) in [4.78, 5) is 2.40. The number of nitrogens with two attached hydrogens (primary N) is 1. The number of imidazole rings is 1. The van der Waals surface area contributed by atoms with Gasteiger partial charge < -0.3 is 14.6 Å². The zero-order chi connectivity index (χ0) is 20.9. The van der Waals surface area contributed by atoms with Crippen molar-refractivity contribution in [1.82, 2.24) is 9.47 Å². The number of para-hydroxylation sites is 2. The highest BCUT2D eigenvalue weighted by Crippen LogP contribution is 2.17. The molecule has 1 aliphatic heterocycles. The van der Waals surface area contributed by atoms with Gasteiger partial charge in [0, 0.05) is 19.6 Å². The standard InChI is InChI=1S/C23H30N4O3/c1-18-5-4-6-20(15-18)30-17-19(28)16-27-22-8-3-2-7-21(22)26(23(27)24)10-9-25-11-13-29-14-12-25/h2-8,15,19,24,28H,9-14,16-17H2,1H3/p+1/t19-/m1/s1. The lowest BCUT2D eigenvalue weighted by molar-refractivity contribution is -0.665. The predicted octanol–water partition coefficient (Wildman–Crippen LogP) is 1.59. The van der Waals surface area contributed by atoms with E-state index in [1.807, 2.05) is 54.0 Å². The van der Waals surface area contributed by atoms with Crippen LogP contribution in [-0.2, 0) is 17.8 Å². The van der Waals surface area contributed by atoms with E-state index in [9.17, 15) is 5.11 Å². The van der Waals surface area contributed by atoms with Gasteiger partial charge in [0.25, 0.3) is 0 Å². The van der Waals surface area contributed by atoms with Crippen molar-refractivity contribution in [1.29, 1.82) is 0 Å².